The van der Waals surface area contributed by atoms with Gasteiger partial charge >= 0.3 is 5.97 Å². The first-order valence-corrected chi connectivity index (χ1v) is 8.80. The van der Waals surface area contributed by atoms with Crippen LogP contribution in [0, 0.1) is 23.7 Å². The molecule has 0 radical (unpaired) electrons. The van der Waals surface area contributed by atoms with Crippen molar-refractivity contribution in [1.29, 1.82) is 0 Å². The third-order valence-corrected chi connectivity index (χ3v) is 5.90. The van der Waals surface area contributed by atoms with Crippen molar-refractivity contribution in [2.45, 2.75) is 64.6 Å². The quantitative estimate of drug-likeness (QED) is 0.640. The molecule has 0 saturated heterocycles. The zero-order valence-corrected chi connectivity index (χ0v) is 13.7. The second-order valence-corrected chi connectivity index (χ2v) is 7.52. The average Bonchev–Trinajstić information content (AvgIpc) is 2.48. The van der Waals surface area contributed by atoms with Crippen molar-refractivity contribution in [1.82, 2.24) is 0 Å². The van der Waals surface area contributed by atoms with E-state index in [2.05, 4.69) is 19.9 Å². The van der Waals surface area contributed by atoms with Crippen molar-refractivity contribution in [2.75, 3.05) is 0 Å². The summed E-state index contributed by atoms with van der Waals surface area (Å²) < 4.78 is 5.39. The van der Waals surface area contributed by atoms with Crippen molar-refractivity contribution >= 4 is 5.97 Å². The first-order chi connectivity index (χ1) is 10.5. The Hall–Kier alpha value is -1.09. The molecule has 0 amide bonds. The van der Waals surface area contributed by atoms with Gasteiger partial charge in [-0.3, -0.25) is 0 Å². The van der Waals surface area contributed by atoms with E-state index in [0.29, 0.717) is 17.8 Å². The molecule has 3 nitrogen and oxygen atoms in total. The third kappa shape index (κ3) is 3.29. The SMILES string of the molecule is C[C@@H]1CC[C@H]2C(=C[C@@H](O)[C@H](C)[C@@H]2CC[C@@H]2CC=CC(=O)O2)C1. The van der Waals surface area contributed by atoms with Gasteiger partial charge in [0.15, 0.2) is 0 Å². The topological polar surface area (TPSA) is 46.5 Å². The second-order valence-electron chi connectivity index (χ2n) is 7.52. The molecule has 2 aliphatic carbocycles. The monoisotopic (exact) mass is 304 g/mol. The van der Waals surface area contributed by atoms with Crippen molar-refractivity contribution in [3.8, 4) is 0 Å². The normalized spacial score (nSPS) is 41.6. The lowest BCUT2D eigenvalue weighted by Gasteiger charge is -2.43. The van der Waals surface area contributed by atoms with E-state index in [0.717, 1.165) is 31.6 Å². The number of carbonyl (C=O) groups excluding carboxylic acids is 1. The number of carbonyl (C=O) groups is 1. The zero-order valence-electron chi connectivity index (χ0n) is 13.7. The van der Waals surface area contributed by atoms with Crippen LogP contribution < -0.4 is 0 Å². The van der Waals surface area contributed by atoms with Gasteiger partial charge in [-0.2, -0.15) is 0 Å². The minimum atomic E-state index is -0.310. The molecular formula is C19H28O3. The molecule has 122 valence electrons. The van der Waals surface area contributed by atoms with Gasteiger partial charge in [0.2, 0.25) is 0 Å². The lowest BCUT2D eigenvalue weighted by Crippen LogP contribution is -2.38. The first-order valence-electron chi connectivity index (χ1n) is 8.80. The Balaban J connectivity index is 1.65. The van der Waals surface area contributed by atoms with Crippen molar-refractivity contribution in [2.24, 2.45) is 23.7 Å². The molecule has 0 bridgehead atoms. The van der Waals surface area contributed by atoms with Crippen LogP contribution in [0.4, 0.5) is 0 Å². The Kier molecular flexibility index (Phi) is 4.72. The first kappa shape index (κ1) is 15.8. The molecule has 0 unspecified atom stereocenters. The molecular weight excluding hydrogens is 276 g/mol. The zero-order chi connectivity index (χ0) is 15.7. The predicted molar refractivity (Wildman–Crippen MR) is 86.1 cm³/mol. The van der Waals surface area contributed by atoms with Crippen molar-refractivity contribution in [3.05, 3.63) is 23.8 Å². The number of hydrogen-bond acceptors (Lipinski definition) is 3. The van der Waals surface area contributed by atoms with Gasteiger partial charge in [-0.15, -0.1) is 0 Å². The summed E-state index contributed by atoms with van der Waals surface area (Å²) in [6, 6.07) is 0. The number of ether oxygens (including phenoxy) is 1. The summed E-state index contributed by atoms with van der Waals surface area (Å²) in [6.45, 7) is 4.48. The van der Waals surface area contributed by atoms with Gasteiger partial charge in [0.05, 0.1) is 6.10 Å². The number of rotatable bonds is 3. The van der Waals surface area contributed by atoms with E-state index >= 15 is 0 Å². The number of aliphatic hydroxyl groups excluding tert-OH is 1. The highest BCUT2D eigenvalue weighted by molar-refractivity contribution is 5.82. The van der Waals surface area contributed by atoms with E-state index in [1.165, 1.54) is 24.5 Å². The maximum absolute atomic E-state index is 11.3. The van der Waals surface area contributed by atoms with Crippen LogP contribution >= 0.6 is 0 Å². The molecule has 0 aromatic heterocycles. The van der Waals surface area contributed by atoms with Crippen LogP contribution in [0.15, 0.2) is 23.8 Å². The Morgan fingerprint density at radius 1 is 1.27 bits per heavy atom. The van der Waals surface area contributed by atoms with E-state index in [1.807, 2.05) is 6.08 Å². The van der Waals surface area contributed by atoms with Crippen LogP contribution in [0.2, 0.25) is 0 Å². The van der Waals surface area contributed by atoms with Crippen molar-refractivity contribution in [3.63, 3.8) is 0 Å². The molecule has 1 N–H and O–H groups in total. The smallest absolute Gasteiger partial charge is 0.330 e. The molecule has 0 aromatic rings. The lowest BCUT2D eigenvalue weighted by atomic mass is 9.63. The molecule has 1 fully saturated rings. The second kappa shape index (κ2) is 6.57. The van der Waals surface area contributed by atoms with Gasteiger partial charge in [0.25, 0.3) is 0 Å². The van der Waals surface area contributed by atoms with E-state index in [-0.39, 0.29) is 18.2 Å². The van der Waals surface area contributed by atoms with Crippen LogP contribution in [-0.4, -0.2) is 23.3 Å². The summed E-state index contributed by atoms with van der Waals surface area (Å²) in [5, 5.41) is 10.4. The van der Waals surface area contributed by atoms with Gasteiger partial charge in [-0.05, 0) is 55.8 Å². The number of allylic oxidation sites excluding steroid dienone is 1. The highest BCUT2D eigenvalue weighted by atomic mass is 16.5. The summed E-state index contributed by atoms with van der Waals surface area (Å²) in [5.41, 5.74) is 1.48. The van der Waals surface area contributed by atoms with Crippen molar-refractivity contribution < 1.29 is 14.6 Å². The molecule has 0 spiro atoms. The summed E-state index contributed by atoms with van der Waals surface area (Å²) in [5.74, 6) is 1.99. The van der Waals surface area contributed by atoms with E-state index in [1.54, 1.807) is 0 Å². The average molecular weight is 304 g/mol. The van der Waals surface area contributed by atoms with Gasteiger partial charge in [0, 0.05) is 12.5 Å². The van der Waals surface area contributed by atoms with Crippen LogP contribution in [0.5, 0.6) is 0 Å². The predicted octanol–water partition coefficient (Wildman–Crippen LogP) is 3.63. The minimum absolute atomic E-state index is 0.0266. The van der Waals surface area contributed by atoms with Crippen LogP contribution in [-0.2, 0) is 9.53 Å². The maximum atomic E-state index is 11.3. The molecule has 1 heterocycles. The number of esters is 1. The van der Waals surface area contributed by atoms with Crippen LogP contribution in [0.3, 0.4) is 0 Å². The maximum Gasteiger partial charge on any atom is 0.330 e. The lowest BCUT2D eigenvalue weighted by molar-refractivity contribution is -0.144. The van der Waals surface area contributed by atoms with E-state index in [9.17, 15) is 9.90 Å². The fourth-order valence-corrected chi connectivity index (χ4v) is 4.56. The Bertz CT molecular complexity index is 479. The third-order valence-electron chi connectivity index (χ3n) is 5.90. The molecule has 1 aliphatic heterocycles. The fourth-order valence-electron chi connectivity index (χ4n) is 4.56. The Morgan fingerprint density at radius 2 is 2.09 bits per heavy atom. The van der Waals surface area contributed by atoms with Gasteiger partial charge in [0.1, 0.15) is 6.10 Å². The minimum Gasteiger partial charge on any atom is -0.459 e. The molecule has 3 heteroatoms. The fraction of sp³-hybridized carbons (Fsp3) is 0.737. The highest BCUT2D eigenvalue weighted by Crippen LogP contribution is 2.46. The van der Waals surface area contributed by atoms with Gasteiger partial charge in [-0.25, -0.2) is 4.79 Å². The van der Waals surface area contributed by atoms with Gasteiger partial charge < -0.3 is 9.84 Å². The largest absolute Gasteiger partial charge is 0.459 e. The number of hydrogen-bond donors (Lipinski definition) is 1. The summed E-state index contributed by atoms with van der Waals surface area (Å²) in [7, 11) is 0. The highest BCUT2D eigenvalue weighted by Gasteiger charge is 2.39. The number of fused-ring (bicyclic) bond motifs is 1. The molecule has 22 heavy (non-hydrogen) atoms. The molecule has 3 aliphatic rings. The van der Waals surface area contributed by atoms with Gasteiger partial charge in [-0.1, -0.05) is 31.6 Å². The molecule has 3 rings (SSSR count). The summed E-state index contributed by atoms with van der Waals surface area (Å²) >= 11 is 0. The number of aliphatic hydroxyl groups is 1. The standard InChI is InChI=1S/C19H28O3/c1-12-6-8-17-14(10-12)11-18(20)13(2)16(17)9-7-15-4-3-5-19(21)22-15/h3,5,11-13,15-18,20H,4,6-10H2,1-2H3/t12-,13-,15+,16+,17+,18-/m1/s1. The van der Waals surface area contributed by atoms with E-state index < -0.39 is 0 Å². The Morgan fingerprint density at radius 3 is 2.86 bits per heavy atom. The van der Waals surface area contributed by atoms with Crippen LogP contribution in [0.1, 0.15) is 52.4 Å². The molecule has 1 saturated carbocycles. The summed E-state index contributed by atoms with van der Waals surface area (Å²) in [6.07, 6.45) is 11.8. The van der Waals surface area contributed by atoms with Crippen LogP contribution in [0.25, 0.3) is 0 Å². The van der Waals surface area contributed by atoms with E-state index in [4.69, 9.17) is 4.74 Å². The molecule has 6 atom stereocenters. The Labute approximate surface area is 133 Å². The number of cyclic esters (lactones) is 1. The summed E-state index contributed by atoms with van der Waals surface area (Å²) in [4.78, 5) is 11.3. The molecule has 0 aromatic carbocycles.